The Morgan fingerprint density at radius 3 is 2.50 bits per heavy atom. The van der Waals surface area contributed by atoms with E-state index < -0.39 is 0 Å². The molecule has 1 saturated carbocycles. The summed E-state index contributed by atoms with van der Waals surface area (Å²) in [6, 6.07) is 5.74. The van der Waals surface area contributed by atoms with E-state index in [1.807, 2.05) is 17.0 Å². The molecule has 1 saturated heterocycles. The van der Waals surface area contributed by atoms with Crippen molar-refractivity contribution in [1.29, 1.82) is 0 Å². The summed E-state index contributed by atoms with van der Waals surface area (Å²) in [5, 5.41) is 11.4. The Hall–Kier alpha value is -0.770. The number of hydrogen-bond acceptors (Lipinski definition) is 2. The lowest BCUT2D eigenvalue weighted by Crippen LogP contribution is -2.46. The Bertz CT molecular complexity index is 609. The number of aliphatic hydroxyl groups is 1. The first-order valence-corrected chi connectivity index (χ1v) is 9.55. The molecule has 24 heavy (non-hydrogen) atoms. The lowest BCUT2D eigenvalue weighted by Gasteiger charge is -2.40. The van der Waals surface area contributed by atoms with Crippen molar-refractivity contribution in [2.75, 3.05) is 6.54 Å². The molecule has 1 aliphatic carbocycles. The van der Waals surface area contributed by atoms with Gasteiger partial charge in [0.15, 0.2) is 0 Å². The molecule has 132 valence electrons. The quantitative estimate of drug-likeness (QED) is 0.867. The number of carbonyl (C=O) groups excluding carboxylic acids is 1. The molecule has 3 rings (SSSR count). The van der Waals surface area contributed by atoms with E-state index in [0.717, 1.165) is 31.4 Å². The highest BCUT2D eigenvalue weighted by molar-refractivity contribution is 6.35. The van der Waals surface area contributed by atoms with Crippen LogP contribution in [-0.4, -0.2) is 34.6 Å². The summed E-state index contributed by atoms with van der Waals surface area (Å²) >= 11 is 12.2. The van der Waals surface area contributed by atoms with E-state index in [1.165, 1.54) is 0 Å². The zero-order valence-electron chi connectivity index (χ0n) is 14.2. The van der Waals surface area contributed by atoms with Crippen molar-refractivity contribution >= 4 is 29.1 Å². The molecule has 2 fully saturated rings. The zero-order valence-corrected chi connectivity index (χ0v) is 15.7. The molecule has 1 aromatic rings. The largest absolute Gasteiger partial charge is 0.393 e. The van der Waals surface area contributed by atoms with Crippen molar-refractivity contribution in [2.45, 2.75) is 51.7 Å². The van der Waals surface area contributed by atoms with Crippen LogP contribution < -0.4 is 0 Å². The van der Waals surface area contributed by atoms with Gasteiger partial charge in [0.05, 0.1) is 6.10 Å². The monoisotopic (exact) mass is 369 g/mol. The summed E-state index contributed by atoms with van der Waals surface area (Å²) in [6.45, 7) is 4.98. The highest BCUT2D eigenvalue weighted by atomic mass is 35.5. The fraction of sp³-hybridized carbons (Fsp3) is 0.632. The van der Waals surface area contributed by atoms with Gasteiger partial charge in [-0.05, 0) is 55.2 Å². The van der Waals surface area contributed by atoms with Crippen molar-refractivity contribution in [2.24, 2.45) is 17.8 Å². The number of halogens is 2. The molecule has 1 N–H and O–H groups in total. The van der Waals surface area contributed by atoms with Gasteiger partial charge in [-0.3, -0.25) is 4.79 Å². The second-order valence-electron chi connectivity index (χ2n) is 7.53. The van der Waals surface area contributed by atoms with Crippen LogP contribution in [0.4, 0.5) is 0 Å². The summed E-state index contributed by atoms with van der Waals surface area (Å²) in [7, 11) is 0. The highest BCUT2D eigenvalue weighted by Gasteiger charge is 2.41. The molecule has 5 heteroatoms. The number of nitrogens with zero attached hydrogens (tertiary/aromatic N) is 1. The van der Waals surface area contributed by atoms with Crippen LogP contribution in [0, 0.1) is 17.8 Å². The van der Waals surface area contributed by atoms with Crippen molar-refractivity contribution in [3.63, 3.8) is 0 Å². The third kappa shape index (κ3) is 3.58. The molecule has 1 aliphatic heterocycles. The van der Waals surface area contributed by atoms with E-state index in [4.69, 9.17) is 23.2 Å². The van der Waals surface area contributed by atoms with Gasteiger partial charge < -0.3 is 10.0 Å². The average Bonchev–Trinajstić information content (AvgIpc) is 2.88. The lowest BCUT2D eigenvalue weighted by molar-refractivity contribution is -0.135. The predicted octanol–water partition coefficient (Wildman–Crippen LogP) is 4.18. The first kappa shape index (κ1) is 18.0. The summed E-state index contributed by atoms with van der Waals surface area (Å²) in [4.78, 5) is 14.9. The van der Waals surface area contributed by atoms with Gasteiger partial charge in [0.25, 0.3) is 0 Å². The summed E-state index contributed by atoms with van der Waals surface area (Å²) in [6.07, 6.45) is 3.09. The summed E-state index contributed by atoms with van der Waals surface area (Å²) < 4.78 is 0. The Balaban J connectivity index is 1.67. The number of benzene rings is 1. The van der Waals surface area contributed by atoms with E-state index in [1.54, 1.807) is 6.07 Å². The van der Waals surface area contributed by atoms with Crippen LogP contribution in [0.15, 0.2) is 18.2 Å². The molecule has 3 nitrogen and oxygen atoms in total. The fourth-order valence-electron chi connectivity index (χ4n) is 4.32. The van der Waals surface area contributed by atoms with Crippen molar-refractivity contribution in [3.8, 4) is 0 Å². The van der Waals surface area contributed by atoms with Gasteiger partial charge in [-0.15, -0.1) is 0 Å². The Kier molecular flexibility index (Phi) is 5.43. The van der Waals surface area contributed by atoms with Crippen molar-refractivity contribution in [3.05, 3.63) is 33.8 Å². The highest BCUT2D eigenvalue weighted by Crippen LogP contribution is 2.36. The zero-order chi connectivity index (χ0) is 17.4. The second kappa shape index (κ2) is 7.23. The van der Waals surface area contributed by atoms with E-state index in [0.29, 0.717) is 16.5 Å². The van der Waals surface area contributed by atoms with Crippen LogP contribution in [0.3, 0.4) is 0 Å². The summed E-state index contributed by atoms with van der Waals surface area (Å²) in [5.41, 5.74) is 0.988. The molecule has 1 heterocycles. The van der Waals surface area contributed by atoms with Gasteiger partial charge in [0.2, 0.25) is 5.91 Å². The fourth-order valence-corrected chi connectivity index (χ4v) is 4.80. The molecular weight excluding hydrogens is 345 g/mol. The molecule has 0 aromatic heterocycles. The number of likely N-dealkylation sites (tertiary alicyclic amines) is 1. The first-order chi connectivity index (χ1) is 11.4. The third-order valence-corrected chi connectivity index (χ3v) is 6.31. The number of hydrogen-bond donors (Lipinski definition) is 1. The van der Waals surface area contributed by atoms with E-state index in [2.05, 4.69) is 13.8 Å². The molecule has 0 radical (unpaired) electrons. The van der Waals surface area contributed by atoms with Crippen LogP contribution in [0.5, 0.6) is 0 Å². The standard InChI is InChI=1S/C19H25Cl2NO2/c1-11-7-16(8-12(2)18(11)23)22-6-5-14(19(22)24)9-13-3-4-15(20)10-17(13)21/h3-4,10-12,14,16,18,23H,5-9H2,1-2H3/t11-,12+,14?,16?,18?. The molecule has 5 atom stereocenters. The van der Waals surface area contributed by atoms with Gasteiger partial charge in [-0.2, -0.15) is 0 Å². The minimum atomic E-state index is -0.248. The molecule has 0 spiro atoms. The van der Waals surface area contributed by atoms with Gasteiger partial charge in [-0.1, -0.05) is 43.1 Å². The maximum Gasteiger partial charge on any atom is 0.226 e. The predicted molar refractivity (Wildman–Crippen MR) is 97.3 cm³/mol. The average molecular weight is 370 g/mol. The number of amides is 1. The normalized spacial score (nSPS) is 34.0. The third-order valence-electron chi connectivity index (χ3n) is 5.73. The van der Waals surface area contributed by atoms with Gasteiger partial charge in [-0.25, -0.2) is 0 Å². The van der Waals surface area contributed by atoms with E-state index in [9.17, 15) is 9.90 Å². The van der Waals surface area contributed by atoms with Gasteiger partial charge in [0.1, 0.15) is 0 Å². The van der Waals surface area contributed by atoms with Gasteiger partial charge >= 0.3 is 0 Å². The number of carbonyl (C=O) groups is 1. The topological polar surface area (TPSA) is 40.5 Å². The summed E-state index contributed by atoms with van der Waals surface area (Å²) in [5.74, 6) is 0.732. The maximum atomic E-state index is 12.9. The SMILES string of the molecule is C[C@@H]1CC(N2CCC(Cc3ccc(Cl)cc3Cl)C2=O)C[C@H](C)C1O. The number of aliphatic hydroxyl groups excluding tert-OH is 1. The van der Waals surface area contributed by atoms with E-state index >= 15 is 0 Å². The lowest BCUT2D eigenvalue weighted by atomic mass is 9.77. The van der Waals surface area contributed by atoms with Crippen LogP contribution in [0.25, 0.3) is 0 Å². The van der Waals surface area contributed by atoms with Gasteiger partial charge in [0, 0.05) is 28.5 Å². The van der Waals surface area contributed by atoms with E-state index in [-0.39, 0.29) is 35.8 Å². The van der Waals surface area contributed by atoms with Crippen molar-refractivity contribution in [1.82, 2.24) is 4.90 Å². The molecule has 1 aromatic carbocycles. The van der Waals surface area contributed by atoms with Crippen LogP contribution >= 0.6 is 23.2 Å². The molecular formula is C19H25Cl2NO2. The van der Waals surface area contributed by atoms with Crippen LogP contribution in [0.1, 0.15) is 38.7 Å². The minimum absolute atomic E-state index is 0.00105. The molecule has 3 unspecified atom stereocenters. The Morgan fingerprint density at radius 2 is 1.88 bits per heavy atom. The number of rotatable bonds is 3. The minimum Gasteiger partial charge on any atom is -0.393 e. The molecule has 1 amide bonds. The first-order valence-electron chi connectivity index (χ1n) is 8.79. The molecule has 2 aliphatic rings. The van der Waals surface area contributed by atoms with Crippen molar-refractivity contribution < 1.29 is 9.90 Å². The van der Waals surface area contributed by atoms with Crippen LogP contribution in [0.2, 0.25) is 10.0 Å². The Morgan fingerprint density at radius 1 is 1.21 bits per heavy atom. The molecule has 0 bridgehead atoms. The smallest absolute Gasteiger partial charge is 0.226 e. The Labute approximate surface area is 153 Å². The van der Waals surface area contributed by atoms with Crippen LogP contribution in [-0.2, 0) is 11.2 Å². The maximum absolute atomic E-state index is 12.9. The second-order valence-corrected chi connectivity index (χ2v) is 8.37.